The second kappa shape index (κ2) is 6.58. The molecule has 0 aromatic carbocycles. The largest absolute Gasteiger partial charge is 0.469 e. The molecule has 0 fully saturated rings. The normalized spacial score (nSPS) is 19.6. The molecule has 0 aliphatic heterocycles. The molecule has 0 saturated carbocycles. The number of carbonyl (C=O) groups is 1. The van der Waals surface area contributed by atoms with Gasteiger partial charge in [0.25, 0.3) is 0 Å². The number of nitrogens with one attached hydrogen (secondary N) is 2. The van der Waals surface area contributed by atoms with E-state index in [0.717, 1.165) is 30.6 Å². The zero-order valence-electron chi connectivity index (χ0n) is 11.0. The average molecular weight is 268 g/mol. The number of aliphatic hydroxyl groups is 1. The summed E-state index contributed by atoms with van der Waals surface area (Å²) in [6.07, 6.45) is 3.80. The van der Waals surface area contributed by atoms with Gasteiger partial charge in [-0.2, -0.15) is 0 Å². The third kappa shape index (κ3) is 3.71. The summed E-state index contributed by atoms with van der Waals surface area (Å²) < 4.78 is 10.2. The highest BCUT2D eigenvalue weighted by Crippen LogP contribution is 2.30. The van der Waals surface area contributed by atoms with Gasteiger partial charge in [-0.3, -0.25) is 0 Å². The zero-order valence-corrected chi connectivity index (χ0v) is 11.0. The average Bonchev–Trinajstić information content (AvgIpc) is 2.86. The van der Waals surface area contributed by atoms with Crippen molar-refractivity contribution in [1.82, 2.24) is 10.6 Å². The number of hydrogen-bond donors (Lipinski definition) is 3. The van der Waals surface area contributed by atoms with Crippen LogP contribution in [0.4, 0.5) is 4.79 Å². The van der Waals surface area contributed by atoms with Crippen molar-refractivity contribution in [2.24, 2.45) is 0 Å². The number of carbonyl (C=O) groups excluding carboxylic acids is 1. The summed E-state index contributed by atoms with van der Waals surface area (Å²) in [5, 5.41) is 15.0. The molecule has 6 nitrogen and oxygen atoms in total. The molecule has 0 saturated heterocycles. The topological polar surface area (TPSA) is 83.7 Å². The van der Waals surface area contributed by atoms with E-state index in [-0.39, 0.29) is 25.2 Å². The Morgan fingerprint density at radius 3 is 3.32 bits per heavy atom. The van der Waals surface area contributed by atoms with Gasteiger partial charge in [0.15, 0.2) is 0 Å². The second-order valence-corrected chi connectivity index (χ2v) is 4.71. The lowest BCUT2D eigenvalue weighted by atomic mass is 9.93. The van der Waals surface area contributed by atoms with Crippen LogP contribution in [-0.4, -0.2) is 37.5 Å². The lowest BCUT2D eigenvalue weighted by molar-refractivity contribution is 0.0659. The van der Waals surface area contributed by atoms with Crippen LogP contribution in [0.15, 0.2) is 16.7 Å². The minimum atomic E-state index is -0.688. The molecule has 1 aliphatic carbocycles. The molecule has 1 aromatic heterocycles. The first-order valence-corrected chi connectivity index (χ1v) is 6.48. The lowest BCUT2D eigenvalue weighted by Crippen LogP contribution is -2.42. The van der Waals surface area contributed by atoms with Crippen molar-refractivity contribution in [2.45, 2.75) is 31.4 Å². The number of urea groups is 1. The minimum absolute atomic E-state index is 0.0120. The molecule has 0 bridgehead atoms. The molecule has 19 heavy (non-hydrogen) atoms. The van der Waals surface area contributed by atoms with E-state index in [1.165, 1.54) is 7.11 Å². The van der Waals surface area contributed by atoms with Crippen LogP contribution < -0.4 is 10.6 Å². The number of rotatable bonds is 5. The van der Waals surface area contributed by atoms with Gasteiger partial charge in [0.05, 0.1) is 25.0 Å². The van der Waals surface area contributed by atoms with Crippen LogP contribution in [0.5, 0.6) is 0 Å². The van der Waals surface area contributed by atoms with Crippen LogP contribution in [0.1, 0.15) is 30.2 Å². The van der Waals surface area contributed by atoms with Crippen molar-refractivity contribution in [3.63, 3.8) is 0 Å². The first-order valence-electron chi connectivity index (χ1n) is 6.48. The Morgan fingerprint density at radius 1 is 1.68 bits per heavy atom. The molecule has 2 amide bonds. The van der Waals surface area contributed by atoms with E-state index in [1.54, 1.807) is 6.26 Å². The summed E-state index contributed by atoms with van der Waals surface area (Å²) in [5.41, 5.74) is 1.05. The van der Waals surface area contributed by atoms with Gasteiger partial charge in [0.2, 0.25) is 0 Å². The fraction of sp³-hybridized carbons (Fsp3) is 0.615. The number of hydrogen-bond acceptors (Lipinski definition) is 4. The summed E-state index contributed by atoms with van der Waals surface area (Å²) in [4.78, 5) is 11.7. The maximum absolute atomic E-state index is 11.7. The first-order chi connectivity index (χ1) is 9.20. The molecule has 1 heterocycles. The maximum Gasteiger partial charge on any atom is 0.315 e. The van der Waals surface area contributed by atoms with Gasteiger partial charge in [-0.1, -0.05) is 0 Å². The van der Waals surface area contributed by atoms with Crippen LogP contribution in [0.3, 0.4) is 0 Å². The SMILES string of the molecule is COCC(O)CNC(=O)NC1CCCc2occc21. The van der Waals surface area contributed by atoms with E-state index < -0.39 is 6.10 Å². The summed E-state index contributed by atoms with van der Waals surface area (Å²) in [6.45, 7) is 0.375. The number of amides is 2. The Bertz CT molecular complexity index is 419. The molecule has 6 heteroatoms. The molecule has 3 N–H and O–H groups in total. The molecule has 2 rings (SSSR count). The second-order valence-electron chi connectivity index (χ2n) is 4.71. The third-order valence-electron chi connectivity index (χ3n) is 3.21. The summed E-state index contributed by atoms with van der Waals surface area (Å²) in [6, 6.07) is 1.61. The molecule has 2 atom stereocenters. The summed E-state index contributed by atoms with van der Waals surface area (Å²) in [5.74, 6) is 0.955. The maximum atomic E-state index is 11.7. The number of aryl methyl sites for hydroxylation is 1. The van der Waals surface area contributed by atoms with Crippen LogP contribution in [0.25, 0.3) is 0 Å². The van der Waals surface area contributed by atoms with Crippen LogP contribution in [0, 0.1) is 0 Å². The van der Waals surface area contributed by atoms with E-state index in [4.69, 9.17) is 9.15 Å². The third-order valence-corrected chi connectivity index (χ3v) is 3.21. The zero-order chi connectivity index (χ0) is 13.7. The molecular formula is C13H20N2O4. The number of furan rings is 1. The standard InChI is InChI=1S/C13H20N2O4/c1-18-8-9(16)7-14-13(17)15-11-3-2-4-12-10(11)5-6-19-12/h5-6,9,11,16H,2-4,7-8H2,1H3,(H2,14,15,17). The van der Waals surface area contributed by atoms with Gasteiger partial charge in [-0.15, -0.1) is 0 Å². The van der Waals surface area contributed by atoms with Crippen molar-refractivity contribution >= 4 is 6.03 Å². The lowest BCUT2D eigenvalue weighted by Gasteiger charge is -2.23. The van der Waals surface area contributed by atoms with Crippen molar-refractivity contribution in [3.05, 3.63) is 23.7 Å². The minimum Gasteiger partial charge on any atom is -0.469 e. The van der Waals surface area contributed by atoms with Crippen molar-refractivity contribution in [2.75, 3.05) is 20.3 Å². The molecular weight excluding hydrogens is 248 g/mol. The molecule has 0 spiro atoms. The van der Waals surface area contributed by atoms with Gasteiger partial charge < -0.3 is 24.9 Å². The molecule has 106 valence electrons. The highest BCUT2D eigenvalue weighted by atomic mass is 16.5. The molecule has 1 aliphatic rings. The van der Waals surface area contributed by atoms with E-state index in [0.29, 0.717) is 0 Å². The molecule has 1 aromatic rings. The van der Waals surface area contributed by atoms with Crippen molar-refractivity contribution in [3.8, 4) is 0 Å². The smallest absolute Gasteiger partial charge is 0.315 e. The van der Waals surface area contributed by atoms with Gasteiger partial charge in [0, 0.05) is 25.6 Å². The summed E-state index contributed by atoms with van der Waals surface area (Å²) in [7, 11) is 1.51. The Labute approximate surface area is 112 Å². The number of fused-ring (bicyclic) bond motifs is 1. The highest BCUT2D eigenvalue weighted by Gasteiger charge is 2.23. The number of ether oxygens (including phenoxy) is 1. The molecule has 0 radical (unpaired) electrons. The van der Waals surface area contributed by atoms with Crippen LogP contribution in [0.2, 0.25) is 0 Å². The van der Waals surface area contributed by atoms with Crippen LogP contribution in [-0.2, 0) is 11.2 Å². The van der Waals surface area contributed by atoms with Crippen molar-refractivity contribution in [1.29, 1.82) is 0 Å². The van der Waals surface area contributed by atoms with Crippen LogP contribution >= 0.6 is 0 Å². The first kappa shape index (κ1) is 13.9. The quantitative estimate of drug-likeness (QED) is 0.743. The molecule has 2 unspecified atom stereocenters. The fourth-order valence-electron chi connectivity index (χ4n) is 2.31. The number of methoxy groups -OCH3 is 1. The fourth-order valence-corrected chi connectivity index (χ4v) is 2.31. The predicted octanol–water partition coefficient (Wildman–Crippen LogP) is 0.963. The Kier molecular flexibility index (Phi) is 4.81. The van der Waals surface area contributed by atoms with E-state index >= 15 is 0 Å². The van der Waals surface area contributed by atoms with Gasteiger partial charge in [0.1, 0.15) is 5.76 Å². The number of aliphatic hydroxyl groups excluding tert-OH is 1. The van der Waals surface area contributed by atoms with Crippen molar-refractivity contribution < 1.29 is 19.1 Å². The Morgan fingerprint density at radius 2 is 2.53 bits per heavy atom. The predicted molar refractivity (Wildman–Crippen MR) is 68.8 cm³/mol. The highest BCUT2D eigenvalue weighted by molar-refractivity contribution is 5.74. The monoisotopic (exact) mass is 268 g/mol. The summed E-state index contributed by atoms with van der Waals surface area (Å²) >= 11 is 0. The Hall–Kier alpha value is -1.53. The van der Waals surface area contributed by atoms with E-state index in [2.05, 4.69) is 10.6 Å². The van der Waals surface area contributed by atoms with Gasteiger partial charge in [-0.25, -0.2) is 4.79 Å². The van der Waals surface area contributed by atoms with Gasteiger partial charge in [-0.05, 0) is 18.9 Å². The van der Waals surface area contributed by atoms with Gasteiger partial charge >= 0.3 is 6.03 Å². The Balaban J connectivity index is 1.81. The van der Waals surface area contributed by atoms with E-state index in [1.807, 2.05) is 6.07 Å². The van der Waals surface area contributed by atoms with E-state index in [9.17, 15) is 9.90 Å².